The van der Waals surface area contributed by atoms with E-state index in [0.717, 1.165) is 11.5 Å². The molecule has 0 spiro atoms. The van der Waals surface area contributed by atoms with Crippen LogP contribution in [0.25, 0.3) is 12.2 Å². The Morgan fingerprint density at radius 1 is 0.632 bits per heavy atom. The second-order valence-electron chi connectivity index (χ2n) is 4.24. The molecule has 0 radical (unpaired) electrons. The Morgan fingerprint density at radius 2 is 1.00 bits per heavy atom. The Bertz CT molecular complexity index is 506. The molecule has 2 aromatic rings. The molecule has 0 unspecified atom stereocenters. The highest BCUT2D eigenvalue weighted by molar-refractivity contribution is 5.52. The molecule has 0 N–H and O–H groups in total. The highest BCUT2D eigenvalue weighted by atomic mass is 16.5. The van der Waals surface area contributed by atoms with Crippen LogP contribution in [-0.2, 0) is 0 Å². The molecule has 0 aliphatic heterocycles. The van der Waals surface area contributed by atoms with Gasteiger partial charge in [0.15, 0.2) is 0 Å². The Hall–Kier alpha value is -2.28. The van der Waals surface area contributed by atoms with Gasteiger partial charge in [0.05, 0.1) is 0 Å². The number of ether oxygens (including phenoxy) is 1. The molecule has 0 amide bonds. The van der Waals surface area contributed by atoms with E-state index in [0.29, 0.717) is 0 Å². The first-order valence-corrected chi connectivity index (χ1v) is 6.45. The van der Waals surface area contributed by atoms with Crippen LogP contribution in [0.1, 0.15) is 25.0 Å². The Labute approximate surface area is 114 Å². The van der Waals surface area contributed by atoms with Gasteiger partial charge in [-0.2, -0.15) is 0 Å². The van der Waals surface area contributed by atoms with Crippen molar-refractivity contribution < 1.29 is 4.74 Å². The third-order valence-corrected chi connectivity index (χ3v) is 2.71. The monoisotopic (exact) mass is 250 g/mol. The fraction of sp³-hybridized carbons (Fsp3) is 0.111. The third kappa shape index (κ3) is 3.85. The molecule has 96 valence electrons. The van der Waals surface area contributed by atoms with Gasteiger partial charge in [-0.05, 0) is 49.2 Å². The topological polar surface area (TPSA) is 9.23 Å². The zero-order valence-electron chi connectivity index (χ0n) is 11.3. The van der Waals surface area contributed by atoms with Gasteiger partial charge in [0.1, 0.15) is 11.5 Å². The van der Waals surface area contributed by atoms with E-state index in [4.69, 9.17) is 4.74 Å². The number of hydrogen-bond acceptors (Lipinski definition) is 1. The lowest BCUT2D eigenvalue weighted by atomic mass is 10.2. The molecule has 2 aromatic carbocycles. The number of benzene rings is 2. The van der Waals surface area contributed by atoms with E-state index in [-0.39, 0.29) is 0 Å². The summed E-state index contributed by atoms with van der Waals surface area (Å²) >= 11 is 0. The molecule has 19 heavy (non-hydrogen) atoms. The van der Waals surface area contributed by atoms with Gasteiger partial charge in [-0.1, -0.05) is 48.6 Å². The maximum Gasteiger partial charge on any atom is 0.127 e. The van der Waals surface area contributed by atoms with E-state index < -0.39 is 0 Å². The molecule has 1 heteroatoms. The van der Waals surface area contributed by atoms with E-state index in [9.17, 15) is 0 Å². The van der Waals surface area contributed by atoms with Crippen molar-refractivity contribution in [2.45, 2.75) is 13.8 Å². The van der Waals surface area contributed by atoms with Crippen LogP contribution in [0, 0.1) is 0 Å². The average molecular weight is 250 g/mol. The summed E-state index contributed by atoms with van der Waals surface area (Å²) in [4.78, 5) is 0. The Kier molecular flexibility index (Phi) is 4.57. The number of hydrogen-bond donors (Lipinski definition) is 0. The molecule has 0 aliphatic rings. The SMILES string of the molecule is CC=Cc1ccc(Oc2ccc(C=CC)cc2)cc1. The molecule has 0 aliphatic carbocycles. The van der Waals surface area contributed by atoms with E-state index in [2.05, 4.69) is 12.2 Å². The molecule has 0 aromatic heterocycles. The van der Waals surface area contributed by atoms with Crippen molar-refractivity contribution in [3.05, 3.63) is 71.8 Å². The van der Waals surface area contributed by atoms with E-state index in [1.54, 1.807) is 0 Å². The van der Waals surface area contributed by atoms with E-state index in [1.165, 1.54) is 11.1 Å². The quantitative estimate of drug-likeness (QED) is 0.691. The normalized spacial score (nSPS) is 11.3. The second kappa shape index (κ2) is 6.60. The molecule has 0 saturated carbocycles. The predicted molar refractivity (Wildman–Crippen MR) is 82.4 cm³/mol. The lowest BCUT2D eigenvalue weighted by Crippen LogP contribution is -1.84. The molecule has 0 atom stereocenters. The minimum absolute atomic E-state index is 0.854. The van der Waals surface area contributed by atoms with Crippen LogP contribution in [0.5, 0.6) is 11.5 Å². The van der Waals surface area contributed by atoms with Gasteiger partial charge in [-0.3, -0.25) is 0 Å². The zero-order chi connectivity index (χ0) is 13.5. The third-order valence-electron chi connectivity index (χ3n) is 2.71. The van der Waals surface area contributed by atoms with Crippen molar-refractivity contribution in [3.63, 3.8) is 0 Å². The van der Waals surface area contributed by atoms with Gasteiger partial charge < -0.3 is 4.74 Å². The smallest absolute Gasteiger partial charge is 0.127 e. The Morgan fingerprint density at radius 3 is 1.32 bits per heavy atom. The largest absolute Gasteiger partial charge is 0.457 e. The summed E-state index contributed by atoms with van der Waals surface area (Å²) in [5.74, 6) is 1.71. The minimum atomic E-state index is 0.854. The van der Waals surface area contributed by atoms with Crippen molar-refractivity contribution >= 4 is 12.2 Å². The molecule has 0 bridgehead atoms. The fourth-order valence-electron chi connectivity index (χ4n) is 1.81. The standard InChI is InChI=1S/C18H18O/c1-3-5-15-7-11-17(12-8-15)19-18-13-9-16(6-4-2)10-14-18/h3-14H,1-2H3. The van der Waals surface area contributed by atoms with Crippen molar-refractivity contribution in [1.29, 1.82) is 0 Å². The van der Waals surface area contributed by atoms with Crippen molar-refractivity contribution in [3.8, 4) is 11.5 Å². The van der Waals surface area contributed by atoms with Gasteiger partial charge >= 0.3 is 0 Å². The Balaban J connectivity index is 2.07. The van der Waals surface area contributed by atoms with Crippen LogP contribution in [0.15, 0.2) is 60.7 Å². The summed E-state index contributed by atoms with van der Waals surface area (Å²) < 4.78 is 5.80. The number of allylic oxidation sites excluding steroid dienone is 2. The first kappa shape index (κ1) is 13.2. The molecular weight excluding hydrogens is 232 g/mol. The maximum atomic E-state index is 5.80. The highest BCUT2D eigenvalue weighted by Crippen LogP contribution is 2.22. The summed E-state index contributed by atoms with van der Waals surface area (Å²) in [6.45, 7) is 4.02. The molecule has 0 fully saturated rings. The summed E-state index contributed by atoms with van der Waals surface area (Å²) in [6.07, 6.45) is 8.18. The first-order valence-electron chi connectivity index (χ1n) is 6.45. The summed E-state index contributed by atoms with van der Waals surface area (Å²) in [5.41, 5.74) is 2.36. The van der Waals surface area contributed by atoms with Gasteiger partial charge in [0, 0.05) is 0 Å². The average Bonchev–Trinajstić information content (AvgIpc) is 2.44. The molecule has 0 heterocycles. The van der Waals surface area contributed by atoms with Gasteiger partial charge in [0.2, 0.25) is 0 Å². The van der Waals surface area contributed by atoms with Gasteiger partial charge in [-0.25, -0.2) is 0 Å². The van der Waals surface area contributed by atoms with Crippen molar-refractivity contribution in [2.24, 2.45) is 0 Å². The second-order valence-corrected chi connectivity index (χ2v) is 4.24. The molecule has 2 rings (SSSR count). The molecule has 1 nitrogen and oxygen atoms in total. The van der Waals surface area contributed by atoms with Crippen LogP contribution < -0.4 is 4.74 Å². The zero-order valence-corrected chi connectivity index (χ0v) is 11.3. The molecular formula is C18H18O. The van der Waals surface area contributed by atoms with Gasteiger partial charge in [-0.15, -0.1) is 0 Å². The lowest BCUT2D eigenvalue weighted by molar-refractivity contribution is 0.482. The van der Waals surface area contributed by atoms with Crippen molar-refractivity contribution in [2.75, 3.05) is 0 Å². The van der Waals surface area contributed by atoms with Crippen LogP contribution in [0.2, 0.25) is 0 Å². The summed E-state index contributed by atoms with van der Waals surface area (Å²) in [6, 6.07) is 16.1. The predicted octanol–water partition coefficient (Wildman–Crippen LogP) is 5.55. The number of rotatable bonds is 4. The summed E-state index contributed by atoms with van der Waals surface area (Å²) in [5, 5.41) is 0. The lowest BCUT2D eigenvalue weighted by Gasteiger charge is -2.06. The van der Waals surface area contributed by atoms with E-state index in [1.807, 2.05) is 74.5 Å². The van der Waals surface area contributed by atoms with Crippen LogP contribution in [0.4, 0.5) is 0 Å². The van der Waals surface area contributed by atoms with Crippen molar-refractivity contribution in [1.82, 2.24) is 0 Å². The van der Waals surface area contributed by atoms with Gasteiger partial charge in [0.25, 0.3) is 0 Å². The van der Waals surface area contributed by atoms with Crippen LogP contribution in [0.3, 0.4) is 0 Å². The highest BCUT2D eigenvalue weighted by Gasteiger charge is 1.97. The maximum absolute atomic E-state index is 5.80. The van der Waals surface area contributed by atoms with E-state index >= 15 is 0 Å². The van der Waals surface area contributed by atoms with Crippen LogP contribution in [-0.4, -0.2) is 0 Å². The fourth-order valence-corrected chi connectivity index (χ4v) is 1.81. The molecule has 0 saturated heterocycles. The first-order chi connectivity index (χ1) is 9.31. The minimum Gasteiger partial charge on any atom is -0.457 e. The summed E-state index contributed by atoms with van der Waals surface area (Å²) in [7, 11) is 0. The van der Waals surface area contributed by atoms with Crippen LogP contribution >= 0.6 is 0 Å².